The number of rotatable bonds is 4. The van der Waals surface area contributed by atoms with Crippen LogP contribution < -0.4 is 0 Å². The second-order valence-corrected chi connectivity index (χ2v) is 8.13. The maximum Gasteiger partial charge on any atom is 0.0991 e. The van der Waals surface area contributed by atoms with E-state index >= 15 is 0 Å². The number of benzene rings is 2. The summed E-state index contributed by atoms with van der Waals surface area (Å²) in [6.07, 6.45) is 7.39. The third-order valence-corrected chi connectivity index (χ3v) is 6.58. The Labute approximate surface area is 187 Å². The summed E-state index contributed by atoms with van der Waals surface area (Å²) in [5.74, 6) is 0.982. The summed E-state index contributed by atoms with van der Waals surface area (Å²) in [6, 6.07) is 28.8. The molecule has 0 amide bonds. The van der Waals surface area contributed by atoms with E-state index in [1.807, 2.05) is 49.1 Å². The van der Waals surface area contributed by atoms with Crippen molar-refractivity contribution in [2.75, 3.05) is 0 Å². The molecule has 0 spiro atoms. The summed E-state index contributed by atoms with van der Waals surface area (Å²) in [7, 11) is 0. The molecule has 2 aromatic heterocycles. The largest absolute Gasteiger partial charge is 0.265 e. The normalized spacial score (nSPS) is 21.7. The van der Waals surface area contributed by atoms with E-state index in [1.165, 1.54) is 22.3 Å². The van der Waals surface area contributed by atoms with Crippen LogP contribution in [0.1, 0.15) is 57.1 Å². The number of pyridine rings is 2. The van der Waals surface area contributed by atoms with E-state index in [-0.39, 0.29) is 23.7 Å². The molecule has 0 radical (unpaired) electrons. The highest BCUT2D eigenvalue weighted by atomic mass is 14.6. The van der Waals surface area contributed by atoms with Crippen LogP contribution in [0.2, 0.25) is 0 Å². The van der Waals surface area contributed by atoms with Gasteiger partial charge in [0.1, 0.15) is 0 Å². The van der Waals surface area contributed by atoms with Gasteiger partial charge in [-0.2, -0.15) is 10.5 Å². The van der Waals surface area contributed by atoms with Gasteiger partial charge in [0.25, 0.3) is 0 Å². The lowest BCUT2D eigenvalue weighted by molar-refractivity contribution is 0.228. The number of hydrogen-bond acceptors (Lipinski definition) is 4. The molecule has 0 N–H and O–H groups in total. The summed E-state index contributed by atoms with van der Waals surface area (Å²) in [4.78, 5) is 8.45. The number of aromatic nitrogens is 2. The van der Waals surface area contributed by atoms with Crippen molar-refractivity contribution in [1.29, 1.82) is 10.5 Å². The minimum atomic E-state index is 0.244. The van der Waals surface area contributed by atoms with Crippen LogP contribution in [-0.2, 0) is 0 Å². The predicted molar refractivity (Wildman–Crippen MR) is 122 cm³/mol. The van der Waals surface area contributed by atoms with Crippen molar-refractivity contribution < 1.29 is 0 Å². The van der Waals surface area contributed by atoms with E-state index < -0.39 is 0 Å². The van der Waals surface area contributed by atoms with Crippen LogP contribution >= 0.6 is 0 Å². The molecule has 4 nitrogen and oxygen atoms in total. The van der Waals surface area contributed by atoms with Crippen LogP contribution in [0.3, 0.4) is 0 Å². The van der Waals surface area contributed by atoms with Crippen LogP contribution in [0.5, 0.6) is 0 Å². The molecule has 32 heavy (non-hydrogen) atoms. The van der Waals surface area contributed by atoms with Crippen LogP contribution in [-0.4, -0.2) is 9.97 Å². The summed E-state index contributed by atoms with van der Waals surface area (Å²) in [5.41, 5.74) is 6.26. The minimum absolute atomic E-state index is 0.244. The fraction of sp³-hybridized carbons (Fsp3) is 0.143. The Morgan fingerprint density at radius 1 is 0.438 bits per heavy atom. The number of nitrogens with zero attached hydrogens (tertiary/aromatic N) is 4. The molecule has 1 aliphatic carbocycles. The molecule has 0 unspecified atom stereocenters. The standard InChI is InChI=1S/C28H20N4/c29-17-19-1-5-21(6-2-19)25-27(23-9-13-31-14-10-23)26(22-7-3-20(18-30)4-8-22)28(25)24-11-15-32-16-12-24/h1-16,25-28H. The molecule has 1 saturated carbocycles. The number of nitriles is 2. The summed E-state index contributed by atoms with van der Waals surface area (Å²) >= 11 is 0. The summed E-state index contributed by atoms with van der Waals surface area (Å²) in [5, 5.41) is 18.5. The lowest BCUT2D eigenvalue weighted by Gasteiger charge is -2.53. The fourth-order valence-electron chi connectivity index (χ4n) is 5.14. The quantitative estimate of drug-likeness (QED) is 0.433. The fourth-order valence-corrected chi connectivity index (χ4v) is 5.14. The Hall–Kier alpha value is -4.28. The van der Waals surface area contributed by atoms with Gasteiger partial charge in [0.15, 0.2) is 0 Å². The van der Waals surface area contributed by atoms with Crippen LogP contribution in [0, 0.1) is 22.7 Å². The number of hydrogen-bond donors (Lipinski definition) is 0. The zero-order valence-corrected chi connectivity index (χ0v) is 17.3. The van der Waals surface area contributed by atoms with E-state index in [0.717, 1.165) is 0 Å². The van der Waals surface area contributed by atoms with Crippen molar-refractivity contribution >= 4 is 0 Å². The molecule has 0 aliphatic heterocycles. The predicted octanol–water partition coefficient (Wildman–Crippen LogP) is 5.67. The second kappa shape index (κ2) is 8.46. The maximum absolute atomic E-state index is 9.24. The Bertz CT molecular complexity index is 1170. The van der Waals surface area contributed by atoms with Crippen molar-refractivity contribution in [3.8, 4) is 12.1 Å². The Morgan fingerprint density at radius 3 is 1.00 bits per heavy atom. The summed E-state index contributed by atoms with van der Waals surface area (Å²) < 4.78 is 0. The third kappa shape index (κ3) is 3.43. The first-order chi connectivity index (χ1) is 15.8. The van der Waals surface area contributed by atoms with Crippen LogP contribution in [0.4, 0.5) is 0 Å². The monoisotopic (exact) mass is 412 g/mol. The van der Waals surface area contributed by atoms with Crippen molar-refractivity contribution in [3.63, 3.8) is 0 Å². The highest BCUT2D eigenvalue weighted by Crippen LogP contribution is 2.66. The molecule has 4 heteroatoms. The second-order valence-electron chi connectivity index (χ2n) is 8.13. The van der Waals surface area contributed by atoms with Crippen molar-refractivity contribution in [2.45, 2.75) is 23.7 Å². The molecule has 1 aliphatic rings. The average molecular weight is 412 g/mol. The van der Waals surface area contributed by atoms with Gasteiger partial charge in [0, 0.05) is 24.8 Å². The molecule has 152 valence electrons. The molecule has 4 aromatic rings. The van der Waals surface area contributed by atoms with Crippen molar-refractivity contribution in [2.24, 2.45) is 0 Å². The van der Waals surface area contributed by atoms with Gasteiger partial charge in [0.05, 0.1) is 23.3 Å². The van der Waals surface area contributed by atoms with E-state index in [0.29, 0.717) is 11.1 Å². The van der Waals surface area contributed by atoms with E-state index in [2.05, 4.69) is 70.6 Å². The zero-order chi connectivity index (χ0) is 21.9. The lowest BCUT2D eigenvalue weighted by atomic mass is 9.49. The molecule has 5 rings (SSSR count). The molecule has 1 fully saturated rings. The SMILES string of the molecule is N#Cc1ccc(C2C(c3ccncc3)C(c3ccc(C#N)cc3)C2c2ccncc2)cc1. The van der Waals surface area contributed by atoms with Crippen LogP contribution in [0.15, 0.2) is 97.6 Å². The Morgan fingerprint density at radius 2 is 0.719 bits per heavy atom. The smallest absolute Gasteiger partial charge is 0.0991 e. The van der Waals surface area contributed by atoms with E-state index in [4.69, 9.17) is 0 Å². The first-order valence-corrected chi connectivity index (χ1v) is 10.6. The van der Waals surface area contributed by atoms with Gasteiger partial charge >= 0.3 is 0 Å². The molecule has 2 aromatic carbocycles. The van der Waals surface area contributed by atoms with Crippen molar-refractivity contribution in [3.05, 3.63) is 131 Å². The molecule has 0 bridgehead atoms. The maximum atomic E-state index is 9.24. The van der Waals surface area contributed by atoms with Gasteiger partial charge in [-0.25, -0.2) is 0 Å². The van der Waals surface area contributed by atoms with E-state index in [9.17, 15) is 10.5 Å². The summed E-state index contributed by atoms with van der Waals surface area (Å²) in [6.45, 7) is 0. The van der Waals surface area contributed by atoms with Gasteiger partial charge in [-0.3, -0.25) is 9.97 Å². The first kappa shape index (κ1) is 19.7. The molecular formula is C28H20N4. The molecule has 0 atom stereocenters. The molecular weight excluding hydrogens is 392 g/mol. The zero-order valence-electron chi connectivity index (χ0n) is 17.3. The average Bonchev–Trinajstić information content (AvgIpc) is 2.86. The van der Waals surface area contributed by atoms with Gasteiger partial charge < -0.3 is 0 Å². The highest BCUT2D eigenvalue weighted by molar-refractivity contribution is 5.49. The van der Waals surface area contributed by atoms with Gasteiger partial charge in [0.2, 0.25) is 0 Å². The topological polar surface area (TPSA) is 73.4 Å². The Balaban J connectivity index is 1.66. The Kier molecular flexibility index (Phi) is 5.20. The first-order valence-electron chi connectivity index (χ1n) is 10.6. The lowest BCUT2D eigenvalue weighted by Crippen LogP contribution is -2.40. The minimum Gasteiger partial charge on any atom is -0.265 e. The third-order valence-electron chi connectivity index (χ3n) is 6.58. The van der Waals surface area contributed by atoms with Gasteiger partial charge in [-0.15, -0.1) is 0 Å². The van der Waals surface area contributed by atoms with Gasteiger partial charge in [-0.05, 0) is 94.5 Å². The highest BCUT2D eigenvalue weighted by Gasteiger charge is 2.52. The van der Waals surface area contributed by atoms with Crippen LogP contribution in [0.25, 0.3) is 0 Å². The molecule has 0 saturated heterocycles. The van der Waals surface area contributed by atoms with Crippen molar-refractivity contribution in [1.82, 2.24) is 9.97 Å². The van der Waals surface area contributed by atoms with Gasteiger partial charge in [-0.1, -0.05) is 24.3 Å². The molecule has 2 heterocycles. The van der Waals surface area contributed by atoms with E-state index in [1.54, 1.807) is 0 Å².